The van der Waals surface area contributed by atoms with Crippen molar-refractivity contribution in [2.75, 3.05) is 0 Å². The van der Waals surface area contributed by atoms with Crippen molar-refractivity contribution in [3.63, 3.8) is 0 Å². The largest absolute Gasteiger partial charge is 0.454 e. The highest BCUT2D eigenvalue weighted by atomic mass is 16.3. The molecule has 0 bridgehead atoms. The molecule has 7 rings (SSSR count). The minimum atomic E-state index is 0.644. The Bertz CT molecular complexity index is 1770. The van der Waals surface area contributed by atoms with E-state index in [9.17, 15) is 0 Å². The molecular weight excluding hydrogens is 360 g/mol. The molecule has 4 heterocycles. The predicted octanol–water partition coefficient (Wildman–Crippen LogP) is 6.89. The molecule has 0 fully saturated rings. The summed E-state index contributed by atoms with van der Waals surface area (Å²) in [6.45, 7) is 2.08. The van der Waals surface area contributed by atoms with E-state index in [0.29, 0.717) is 5.71 Å². The van der Waals surface area contributed by atoms with Crippen LogP contribution in [0.1, 0.15) is 5.56 Å². The first-order valence-corrected chi connectivity index (χ1v) is 9.59. The molecule has 0 saturated carbocycles. The molecule has 4 heteroatoms. The van der Waals surface area contributed by atoms with Crippen LogP contribution < -0.4 is 0 Å². The normalized spacial score (nSPS) is 12.3. The molecule has 7 aromatic rings. The summed E-state index contributed by atoms with van der Waals surface area (Å²) in [5, 5.41) is 8.80. The van der Waals surface area contributed by atoms with Crippen molar-refractivity contribution in [3.8, 4) is 0 Å². The molecule has 4 nitrogen and oxygen atoms in total. The van der Waals surface area contributed by atoms with Gasteiger partial charge in [-0.15, -0.1) is 0 Å². The van der Waals surface area contributed by atoms with Gasteiger partial charge < -0.3 is 8.83 Å². The van der Waals surface area contributed by atoms with Gasteiger partial charge in [-0.25, -0.2) is 4.98 Å². The Balaban J connectivity index is 2.02. The number of rotatable bonds is 0. The van der Waals surface area contributed by atoms with E-state index in [2.05, 4.69) is 47.2 Å². The average molecular weight is 374 g/mol. The zero-order valence-electron chi connectivity index (χ0n) is 15.6. The Morgan fingerprint density at radius 2 is 1.52 bits per heavy atom. The van der Waals surface area contributed by atoms with E-state index < -0.39 is 0 Å². The highest BCUT2D eigenvalue weighted by Gasteiger charge is 2.21. The van der Waals surface area contributed by atoms with E-state index in [1.165, 1.54) is 0 Å². The number of hydrogen-bond acceptors (Lipinski definition) is 4. The van der Waals surface area contributed by atoms with Crippen LogP contribution in [0.3, 0.4) is 0 Å². The van der Waals surface area contributed by atoms with E-state index in [1.54, 1.807) is 12.4 Å². The standard InChI is InChI=1S/C25H14N2O2/c1-13-8-9-14-17-11-26-12-19-20(17)21(15-5-2-3-7-18(15)28-19)22-16-6-4-10-27-25(16)29-24(13)23(14)22/h2-12H,1H3. The van der Waals surface area contributed by atoms with Gasteiger partial charge in [-0.3, -0.25) is 4.98 Å². The molecule has 3 aromatic carbocycles. The highest BCUT2D eigenvalue weighted by Crippen LogP contribution is 2.46. The third kappa shape index (κ3) is 1.79. The average Bonchev–Trinajstić information content (AvgIpc) is 2.77. The molecule has 0 atom stereocenters. The number of aryl methyl sites for hydroxylation is 1. The van der Waals surface area contributed by atoms with Crippen LogP contribution in [-0.4, -0.2) is 9.97 Å². The molecule has 0 unspecified atom stereocenters. The van der Waals surface area contributed by atoms with Gasteiger partial charge in [-0.1, -0.05) is 30.3 Å². The van der Waals surface area contributed by atoms with Crippen LogP contribution in [0, 0.1) is 6.92 Å². The maximum Gasteiger partial charge on any atom is 0.227 e. The number of fused-ring (bicyclic) bond motifs is 6. The predicted molar refractivity (Wildman–Crippen MR) is 116 cm³/mol. The first kappa shape index (κ1) is 15.1. The Hall–Kier alpha value is -3.92. The molecule has 0 N–H and O–H groups in total. The summed E-state index contributed by atoms with van der Waals surface area (Å²) in [4.78, 5) is 9.01. The maximum absolute atomic E-state index is 6.30. The van der Waals surface area contributed by atoms with Gasteiger partial charge >= 0.3 is 0 Å². The van der Waals surface area contributed by atoms with Gasteiger partial charge in [-0.05, 0) is 36.1 Å². The third-order valence-electron chi connectivity index (χ3n) is 5.92. The van der Waals surface area contributed by atoms with Crippen LogP contribution in [0.25, 0.3) is 65.6 Å². The van der Waals surface area contributed by atoms with Crippen molar-refractivity contribution in [2.45, 2.75) is 6.92 Å². The summed E-state index contributed by atoms with van der Waals surface area (Å²) in [5.41, 5.74) is 4.23. The highest BCUT2D eigenvalue weighted by molar-refractivity contribution is 6.39. The summed E-state index contributed by atoms with van der Waals surface area (Å²) in [5.74, 6) is 0. The van der Waals surface area contributed by atoms with Crippen LogP contribution in [0.2, 0.25) is 0 Å². The lowest BCUT2D eigenvalue weighted by Crippen LogP contribution is -1.92. The Morgan fingerprint density at radius 3 is 2.48 bits per heavy atom. The van der Waals surface area contributed by atoms with Gasteiger partial charge in [0.2, 0.25) is 5.71 Å². The second-order valence-corrected chi connectivity index (χ2v) is 7.50. The summed E-state index contributed by atoms with van der Waals surface area (Å²) in [7, 11) is 0. The summed E-state index contributed by atoms with van der Waals surface area (Å²) < 4.78 is 12.6. The van der Waals surface area contributed by atoms with Crippen LogP contribution in [0.15, 0.2) is 76.0 Å². The van der Waals surface area contributed by atoms with Crippen molar-refractivity contribution >= 4 is 65.6 Å². The van der Waals surface area contributed by atoms with Crippen molar-refractivity contribution in [3.05, 3.63) is 72.7 Å². The van der Waals surface area contributed by atoms with Gasteiger partial charge in [0.05, 0.1) is 6.20 Å². The van der Waals surface area contributed by atoms with E-state index in [0.717, 1.165) is 65.4 Å². The molecule has 4 aromatic heterocycles. The molecule has 136 valence electrons. The number of benzene rings is 3. The minimum absolute atomic E-state index is 0.644. The molecule has 0 saturated heterocycles. The molecule has 0 amide bonds. The fourth-order valence-corrected chi connectivity index (χ4v) is 4.70. The van der Waals surface area contributed by atoms with Crippen LogP contribution in [0.4, 0.5) is 0 Å². The van der Waals surface area contributed by atoms with Gasteiger partial charge in [0.25, 0.3) is 0 Å². The van der Waals surface area contributed by atoms with E-state index in [1.807, 2.05) is 24.4 Å². The van der Waals surface area contributed by atoms with Crippen LogP contribution >= 0.6 is 0 Å². The Morgan fingerprint density at radius 1 is 0.655 bits per heavy atom. The zero-order valence-corrected chi connectivity index (χ0v) is 15.6. The number of aromatic nitrogens is 2. The van der Waals surface area contributed by atoms with Gasteiger partial charge in [0, 0.05) is 50.1 Å². The number of pyridine rings is 2. The third-order valence-corrected chi connectivity index (χ3v) is 5.92. The minimum Gasteiger partial charge on any atom is -0.454 e. The summed E-state index contributed by atoms with van der Waals surface area (Å²) in [6, 6.07) is 16.5. The first-order valence-electron chi connectivity index (χ1n) is 9.59. The molecule has 0 aliphatic rings. The second-order valence-electron chi connectivity index (χ2n) is 7.50. The second kappa shape index (κ2) is 5.11. The van der Waals surface area contributed by atoms with Crippen LogP contribution in [-0.2, 0) is 0 Å². The van der Waals surface area contributed by atoms with E-state index in [-0.39, 0.29) is 0 Å². The van der Waals surface area contributed by atoms with E-state index >= 15 is 0 Å². The lowest BCUT2D eigenvalue weighted by atomic mass is 9.90. The lowest BCUT2D eigenvalue weighted by molar-refractivity contribution is 0.644. The van der Waals surface area contributed by atoms with Crippen molar-refractivity contribution in [1.82, 2.24) is 9.97 Å². The number of hydrogen-bond donors (Lipinski definition) is 0. The maximum atomic E-state index is 6.30. The molecule has 0 radical (unpaired) electrons. The van der Waals surface area contributed by atoms with E-state index in [4.69, 9.17) is 8.83 Å². The number of nitrogens with zero attached hydrogens (tertiary/aromatic N) is 2. The van der Waals surface area contributed by atoms with Gasteiger partial charge in [0.15, 0.2) is 5.58 Å². The van der Waals surface area contributed by atoms with Crippen molar-refractivity contribution in [2.24, 2.45) is 0 Å². The Labute approximate surface area is 164 Å². The molecule has 0 spiro atoms. The van der Waals surface area contributed by atoms with Crippen LogP contribution in [0.5, 0.6) is 0 Å². The molecule has 29 heavy (non-hydrogen) atoms. The Kier molecular flexibility index (Phi) is 2.66. The summed E-state index contributed by atoms with van der Waals surface area (Å²) >= 11 is 0. The first-order chi connectivity index (χ1) is 14.3. The molecule has 0 aliphatic heterocycles. The van der Waals surface area contributed by atoms with Crippen molar-refractivity contribution in [1.29, 1.82) is 0 Å². The van der Waals surface area contributed by atoms with Gasteiger partial charge in [0.1, 0.15) is 11.2 Å². The van der Waals surface area contributed by atoms with Gasteiger partial charge in [-0.2, -0.15) is 0 Å². The monoisotopic (exact) mass is 374 g/mol. The lowest BCUT2D eigenvalue weighted by Gasteiger charge is -2.17. The fourth-order valence-electron chi connectivity index (χ4n) is 4.70. The zero-order chi connectivity index (χ0) is 19.1. The molecular formula is C25H14N2O2. The summed E-state index contributed by atoms with van der Waals surface area (Å²) in [6.07, 6.45) is 5.51. The quantitative estimate of drug-likeness (QED) is 0.214. The molecule has 0 aliphatic carbocycles. The fraction of sp³-hybridized carbons (Fsp3) is 0.0400. The number of para-hydroxylation sites is 1. The topological polar surface area (TPSA) is 52.1 Å². The SMILES string of the molecule is Cc1ccc2c3cncc4oc5ccccc5c(c43)c3c4cccnc4oc1c23. The smallest absolute Gasteiger partial charge is 0.227 e. The van der Waals surface area contributed by atoms with Crippen molar-refractivity contribution < 1.29 is 8.83 Å².